The third kappa shape index (κ3) is 5.88. The zero-order valence-electron chi connectivity index (χ0n) is 25.1. The minimum atomic E-state index is -0.127. The molecule has 1 aliphatic heterocycles. The van der Waals surface area contributed by atoms with Gasteiger partial charge in [-0.05, 0) is 40.5 Å². The maximum Gasteiger partial charge on any atom is 0.223 e. The van der Waals surface area contributed by atoms with E-state index in [1.54, 1.807) is 14.2 Å². The van der Waals surface area contributed by atoms with E-state index < -0.39 is 0 Å². The Morgan fingerprint density at radius 2 is 1.33 bits per heavy atom. The van der Waals surface area contributed by atoms with Crippen LogP contribution in [0.25, 0.3) is 10.9 Å². The van der Waals surface area contributed by atoms with Crippen LogP contribution in [0.3, 0.4) is 0 Å². The largest absolute Gasteiger partial charge is 0.493 e. The van der Waals surface area contributed by atoms with Crippen LogP contribution in [0.4, 0.5) is 0 Å². The van der Waals surface area contributed by atoms with Crippen molar-refractivity contribution in [1.82, 2.24) is 14.4 Å². The Bertz CT molecular complexity index is 1630. The van der Waals surface area contributed by atoms with E-state index in [4.69, 9.17) is 9.47 Å². The summed E-state index contributed by atoms with van der Waals surface area (Å²) in [5.74, 6) is 1.39. The minimum absolute atomic E-state index is 0.127. The van der Waals surface area contributed by atoms with E-state index in [1.807, 2.05) is 17.0 Å². The molecule has 0 bridgehead atoms. The predicted octanol–water partition coefficient (Wildman–Crippen LogP) is 6.65. The molecule has 5 aromatic rings. The van der Waals surface area contributed by atoms with Crippen molar-refractivity contribution in [2.75, 3.05) is 40.4 Å². The summed E-state index contributed by atoms with van der Waals surface area (Å²) >= 11 is 0. The first-order valence-corrected chi connectivity index (χ1v) is 14.9. The summed E-state index contributed by atoms with van der Waals surface area (Å²) in [7, 11) is 5.36. The van der Waals surface area contributed by atoms with Gasteiger partial charge in [-0.1, -0.05) is 84.9 Å². The lowest BCUT2D eigenvalue weighted by molar-refractivity contribution is -0.133. The van der Waals surface area contributed by atoms with Crippen molar-refractivity contribution >= 4 is 16.8 Å². The summed E-state index contributed by atoms with van der Waals surface area (Å²) in [4.78, 5) is 18.6. The normalized spacial score (nSPS) is 14.7. The lowest BCUT2D eigenvalue weighted by atomic mass is 9.87. The van der Waals surface area contributed by atoms with E-state index in [0.717, 1.165) is 35.1 Å². The molecule has 1 fully saturated rings. The summed E-state index contributed by atoms with van der Waals surface area (Å²) in [5, 5.41) is 1.16. The lowest BCUT2D eigenvalue weighted by Crippen LogP contribution is -2.50. The number of benzene rings is 4. The number of fused-ring (bicyclic) bond motifs is 1. The topological polar surface area (TPSA) is 46.9 Å². The minimum Gasteiger partial charge on any atom is -0.493 e. The van der Waals surface area contributed by atoms with Gasteiger partial charge in [-0.15, -0.1) is 0 Å². The molecule has 1 saturated heterocycles. The lowest BCUT2D eigenvalue weighted by Gasteiger charge is -2.40. The number of hydrogen-bond donors (Lipinski definition) is 0. The van der Waals surface area contributed by atoms with Gasteiger partial charge < -0.3 is 18.9 Å². The highest BCUT2D eigenvalue weighted by Crippen LogP contribution is 2.39. The molecule has 0 N–H and O–H groups in total. The Labute approximate surface area is 254 Å². The van der Waals surface area contributed by atoms with Crippen molar-refractivity contribution in [3.63, 3.8) is 0 Å². The summed E-state index contributed by atoms with van der Waals surface area (Å²) in [6.45, 7) is 3.03. The number of piperazine rings is 1. The van der Waals surface area contributed by atoms with Crippen LogP contribution in [-0.4, -0.2) is 60.7 Å². The first-order chi connectivity index (χ1) is 21.1. The molecule has 1 atom stereocenters. The van der Waals surface area contributed by atoms with Crippen molar-refractivity contribution in [2.24, 2.45) is 7.05 Å². The van der Waals surface area contributed by atoms with Crippen LogP contribution in [0.1, 0.15) is 40.6 Å². The van der Waals surface area contributed by atoms with E-state index in [0.29, 0.717) is 31.0 Å². The standard InChI is InChI=1S/C37H39N3O3/c1-38-26-32(30-16-10-11-17-33(30)38)31(29-18-19-34(42-2)35(24-29)43-3)25-36(41)39-20-22-40(23-21-39)37(27-12-6-4-7-13-27)28-14-8-5-9-15-28/h4-19,24,26,31,37H,20-23,25H2,1-3H3. The first kappa shape index (κ1) is 28.6. The first-order valence-electron chi connectivity index (χ1n) is 14.9. The molecule has 0 aliphatic carbocycles. The van der Waals surface area contributed by atoms with Crippen LogP contribution in [0.2, 0.25) is 0 Å². The van der Waals surface area contributed by atoms with E-state index in [1.165, 1.54) is 11.1 Å². The SMILES string of the molecule is COc1ccc(C(CC(=O)N2CCN(C(c3ccccc3)c3ccccc3)CC2)c2cn(C)c3ccccc23)cc1OC. The molecule has 0 saturated carbocycles. The van der Waals surface area contributed by atoms with Gasteiger partial charge in [0.25, 0.3) is 0 Å². The second kappa shape index (κ2) is 12.8. The van der Waals surface area contributed by atoms with Gasteiger partial charge in [-0.25, -0.2) is 0 Å². The average molecular weight is 574 g/mol. The molecule has 0 spiro atoms. The van der Waals surface area contributed by atoms with Crippen molar-refractivity contribution in [3.8, 4) is 11.5 Å². The van der Waals surface area contributed by atoms with Gasteiger partial charge in [0, 0.05) is 62.7 Å². The summed E-state index contributed by atoms with van der Waals surface area (Å²) in [5.41, 5.74) is 5.88. The molecule has 1 aromatic heterocycles. The fraction of sp³-hybridized carbons (Fsp3) is 0.270. The van der Waals surface area contributed by atoms with E-state index in [2.05, 4.69) is 114 Å². The van der Waals surface area contributed by atoms with Crippen LogP contribution in [-0.2, 0) is 11.8 Å². The number of rotatable bonds is 9. The number of ether oxygens (including phenoxy) is 2. The molecule has 0 radical (unpaired) electrons. The van der Waals surface area contributed by atoms with Gasteiger partial charge in [0.15, 0.2) is 11.5 Å². The van der Waals surface area contributed by atoms with E-state index >= 15 is 0 Å². The molecule has 2 heterocycles. The Morgan fingerprint density at radius 3 is 1.95 bits per heavy atom. The fourth-order valence-electron chi connectivity index (χ4n) is 6.55. The van der Waals surface area contributed by atoms with Gasteiger partial charge in [0.2, 0.25) is 5.91 Å². The molecule has 43 heavy (non-hydrogen) atoms. The monoisotopic (exact) mass is 573 g/mol. The summed E-state index contributed by atoms with van der Waals surface area (Å²) in [6, 6.07) is 35.9. The third-order valence-electron chi connectivity index (χ3n) is 8.75. The number of methoxy groups -OCH3 is 2. The van der Waals surface area contributed by atoms with Crippen LogP contribution in [0.15, 0.2) is 109 Å². The van der Waals surface area contributed by atoms with Gasteiger partial charge in [0.1, 0.15) is 0 Å². The molecule has 1 amide bonds. The Hall–Kier alpha value is -4.55. The molecule has 220 valence electrons. The number of aromatic nitrogens is 1. The van der Waals surface area contributed by atoms with Gasteiger partial charge >= 0.3 is 0 Å². The number of carbonyl (C=O) groups is 1. The van der Waals surface area contributed by atoms with E-state index in [9.17, 15) is 4.79 Å². The van der Waals surface area contributed by atoms with Crippen molar-refractivity contribution in [1.29, 1.82) is 0 Å². The molecule has 6 nitrogen and oxygen atoms in total. The number of aryl methyl sites for hydroxylation is 1. The molecule has 1 unspecified atom stereocenters. The maximum atomic E-state index is 14.0. The van der Waals surface area contributed by atoms with Gasteiger partial charge in [-0.2, -0.15) is 0 Å². The van der Waals surface area contributed by atoms with Crippen LogP contribution >= 0.6 is 0 Å². The highest BCUT2D eigenvalue weighted by Gasteiger charge is 2.30. The van der Waals surface area contributed by atoms with Crippen LogP contribution in [0, 0.1) is 0 Å². The quantitative estimate of drug-likeness (QED) is 0.198. The number of amides is 1. The molecule has 1 aliphatic rings. The smallest absolute Gasteiger partial charge is 0.223 e. The number of carbonyl (C=O) groups excluding carboxylic acids is 1. The fourth-order valence-corrected chi connectivity index (χ4v) is 6.55. The highest BCUT2D eigenvalue weighted by atomic mass is 16.5. The zero-order chi connectivity index (χ0) is 29.8. The second-order valence-electron chi connectivity index (χ2n) is 11.2. The Morgan fingerprint density at radius 1 is 0.721 bits per heavy atom. The Balaban J connectivity index is 1.25. The highest BCUT2D eigenvalue weighted by molar-refractivity contribution is 5.86. The number of para-hydroxylation sites is 1. The molecular weight excluding hydrogens is 534 g/mol. The average Bonchev–Trinajstić information content (AvgIpc) is 3.40. The van der Waals surface area contributed by atoms with Crippen LogP contribution in [0.5, 0.6) is 11.5 Å². The summed E-state index contributed by atoms with van der Waals surface area (Å²) < 4.78 is 13.3. The predicted molar refractivity (Wildman–Crippen MR) is 172 cm³/mol. The molecular formula is C37H39N3O3. The summed E-state index contributed by atoms with van der Waals surface area (Å²) in [6.07, 6.45) is 2.55. The second-order valence-corrected chi connectivity index (χ2v) is 11.2. The van der Waals surface area contributed by atoms with Crippen molar-refractivity contribution < 1.29 is 14.3 Å². The van der Waals surface area contributed by atoms with Crippen LogP contribution < -0.4 is 9.47 Å². The molecule has 6 rings (SSSR count). The molecule has 4 aromatic carbocycles. The van der Waals surface area contributed by atoms with E-state index in [-0.39, 0.29) is 17.9 Å². The molecule has 6 heteroatoms. The maximum absolute atomic E-state index is 14.0. The number of nitrogens with zero attached hydrogens (tertiary/aromatic N) is 3. The van der Waals surface area contributed by atoms with Gasteiger partial charge in [-0.3, -0.25) is 9.69 Å². The third-order valence-corrected chi connectivity index (χ3v) is 8.75. The number of hydrogen-bond acceptors (Lipinski definition) is 4. The van der Waals surface area contributed by atoms with Crippen molar-refractivity contribution in [2.45, 2.75) is 18.4 Å². The van der Waals surface area contributed by atoms with Crippen molar-refractivity contribution in [3.05, 3.63) is 132 Å². The van der Waals surface area contributed by atoms with Gasteiger partial charge in [0.05, 0.1) is 20.3 Å². The zero-order valence-corrected chi connectivity index (χ0v) is 25.1. The Kier molecular flexibility index (Phi) is 8.47.